The molecular weight excluding hydrogens is 350 g/mol. The van der Waals surface area contributed by atoms with E-state index in [9.17, 15) is 0 Å². The van der Waals surface area contributed by atoms with E-state index in [2.05, 4.69) is 32.0 Å². The van der Waals surface area contributed by atoms with Crippen LogP contribution in [0.5, 0.6) is 0 Å². The van der Waals surface area contributed by atoms with Crippen molar-refractivity contribution >= 4 is 15.1 Å². The van der Waals surface area contributed by atoms with Crippen molar-refractivity contribution in [2.24, 2.45) is 5.73 Å². The van der Waals surface area contributed by atoms with Crippen LogP contribution in [0.15, 0.2) is 23.1 Å². The molecule has 0 unspecified atom stereocenters. The average molecular weight is 362 g/mol. The molecule has 0 amide bonds. The first-order valence-corrected chi connectivity index (χ1v) is 6.37. The van der Waals surface area contributed by atoms with Crippen LogP contribution in [0.2, 0.25) is 0 Å². The Morgan fingerprint density at radius 3 is 2.77 bits per heavy atom. The van der Waals surface area contributed by atoms with Crippen LogP contribution in [0.4, 0.5) is 0 Å². The first kappa shape index (κ1) is 11.2. The summed E-state index contributed by atoms with van der Waals surface area (Å²) < 4.78 is 0.942. The molecule has 0 aromatic heterocycles. The molecule has 70 valence electrons. The van der Waals surface area contributed by atoms with Gasteiger partial charge < -0.3 is 0 Å². The van der Waals surface area contributed by atoms with E-state index in [1.807, 2.05) is 6.07 Å². The van der Waals surface area contributed by atoms with Crippen LogP contribution >= 0.6 is 11.8 Å². The van der Waals surface area contributed by atoms with Crippen molar-refractivity contribution in [3.63, 3.8) is 0 Å². The van der Waals surface area contributed by atoms with Gasteiger partial charge in [-0.3, -0.25) is 0 Å². The van der Waals surface area contributed by atoms with Crippen molar-refractivity contribution in [1.29, 1.82) is 0 Å². The van der Waals surface area contributed by atoms with Crippen LogP contribution < -0.4 is 5.73 Å². The molecule has 0 heterocycles. The van der Waals surface area contributed by atoms with Gasteiger partial charge >= 0.3 is 94.7 Å². The molecule has 1 aromatic rings. The number of nitrogens with two attached hydrogens (primary N) is 1. The predicted molar refractivity (Wildman–Crippen MR) is 54.4 cm³/mol. The van der Waals surface area contributed by atoms with Gasteiger partial charge in [-0.25, -0.2) is 0 Å². The van der Waals surface area contributed by atoms with Gasteiger partial charge in [0.15, 0.2) is 0 Å². The van der Waals surface area contributed by atoms with Gasteiger partial charge in [-0.2, -0.15) is 0 Å². The maximum absolute atomic E-state index is 5.65. The van der Waals surface area contributed by atoms with E-state index in [1.165, 1.54) is 24.9 Å². The number of thioether (sulfide) groups is 1. The van der Waals surface area contributed by atoms with Gasteiger partial charge in [-0.1, -0.05) is 0 Å². The van der Waals surface area contributed by atoms with E-state index < -0.39 is 0 Å². The van der Waals surface area contributed by atoms with Gasteiger partial charge in [0.1, 0.15) is 0 Å². The molecule has 0 aliphatic heterocycles. The zero-order valence-corrected chi connectivity index (χ0v) is 11.5. The Hall–Kier alpha value is 0.0883. The molecule has 13 heavy (non-hydrogen) atoms. The van der Waals surface area contributed by atoms with Crippen LogP contribution in [0.3, 0.4) is 0 Å². The van der Waals surface area contributed by atoms with Gasteiger partial charge in [-0.15, -0.1) is 0 Å². The van der Waals surface area contributed by atoms with Gasteiger partial charge in [0.2, 0.25) is 0 Å². The normalized spacial score (nSPS) is 10.5. The number of hydrogen-bond donors (Lipinski definition) is 1. The molecule has 0 aliphatic rings. The maximum atomic E-state index is 5.65. The van der Waals surface area contributed by atoms with Crippen LogP contribution in [0.1, 0.15) is 25.3 Å². The summed E-state index contributed by atoms with van der Waals surface area (Å²) in [6, 6.07) is 9.57. The molecule has 1 aromatic carbocycles. The van der Waals surface area contributed by atoms with Crippen molar-refractivity contribution < 1.29 is 19.4 Å². The van der Waals surface area contributed by atoms with Crippen molar-refractivity contribution in [2.45, 2.75) is 24.7 Å². The molecule has 0 saturated heterocycles. The summed E-state index contributed by atoms with van der Waals surface area (Å²) in [6.45, 7) is 4.34. The molecule has 0 radical (unpaired) electrons. The minimum absolute atomic E-state index is 0.533. The van der Waals surface area contributed by atoms with E-state index in [4.69, 9.17) is 5.73 Å². The van der Waals surface area contributed by atoms with Gasteiger partial charge in [-0.05, 0) is 0 Å². The fraction of sp³-hybridized carbons (Fsp3) is 0.300. The zero-order chi connectivity index (χ0) is 9.84. The molecule has 3 heteroatoms. The number of benzene rings is 1. The molecule has 1 rings (SSSR count). The quantitative estimate of drug-likeness (QED) is 0.660. The topological polar surface area (TPSA) is 26.0 Å². The SMILES string of the molecule is CC(C)c1[c-]c(S[C](N)=[W])ccc1. The third-order valence-corrected chi connectivity index (χ3v) is 3.18. The number of hydrogen-bond acceptors (Lipinski definition) is 2. The summed E-state index contributed by atoms with van der Waals surface area (Å²) in [4.78, 5) is 1.12. The fourth-order valence-electron chi connectivity index (χ4n) is 0.969. The summed E-state index contributed by atoms with van der Waals surface area (Å²) in [7, 11) is 0. The second-order valence-corrected chi connectivity index (χ2v) is 6.74. The fourth-order valence-corrected chi connectivity index (χ4v) is 2.47. The zero-order valence-electron chi connectivity index (χ0n) is 7.70. The molecular formula is C10H12NSW-. The molecule has 0 bridgehead atoms. The van der Waals surface area contributed by atoms with Gasteiger partial charge in [0.05, 0.1) is 0 Å². The third-order valence-electron chi connectivity index (χ3n) is 1.62. The van der Waals surface area contributed by atoms with E-state index in [1.54, 1.807) is 11.8 Å². The van der Waals surface area contributed by atoms with E-state index in [0.29, 0.717) is 5.92 Å². The molecule has 2 N–H and O–H groups in total. The summed E-state index contributed by atoms with van der Waals surface area (Å²) in [6.07, 6.45) is 0. The van der Waals surface area contributed by atoms with Crippen LogP contribution in [0, 0.1) is 6.07 Å². The molecule has 0 atom stereocenters. The Labute approximate surface area is 94.5 Å². The van der Waals surface area contributed by atoms with Crippen molar-refractivity contribution in [2.75, 3.05) is 0 Å². The van der Waals surface area contributed by atoms with E-state index >= 15 is 0 Å². The second kappa shape index (κ2) is 5.09. The molecule has 0 saturated carbocycles. The van der Waals surface area contributed by atoms with Crippen molar-refractivity contribution in [3.8, 4) is 0 Å². The Morgan fingerprint density at radius 1 is 1.54 bits per heavy atom. The summed E-state index contributed by atoms with van der Waals surface area (Å²) in [5, 5.41) is 0. The Bertz CT molecular complexity index is 310. The minimum atomic E-state index is 0.533. The summed E-state index contributed by atoms with van der Waals surface area (Å²) >= 11 is 2.93. The van der Waals surface area contributed by atoms with Crippen LogP contribution in [-0.4, -0.2) is 3.35 Å². The molecule has 0 aliphatic carbocycles. The Morgan fingerprint density at radius 2 is 2.23 bits per heavy atom. The Kier molecular flexibility index (Phi) is 4.37. The Balaban J connectivity index is 2.85. The monoisotopic (exact) mass is 362 g/mol. The van der Waals surface area contributed by atoms with Gasteiger partial charge in [0, 0.05) is 0 Å². The summed E-state index contributed by atoms with van der Waals surface area (Å²) in [5.41, 5.74) is 6.90. The van der Waals surface area contributed by atoms with Crippen molar-refractivity contribution in [1.82, 2.24) is 0 Å². The predicted octanol–water partition coefficient (Wildman–Crippen LogP) is 2.30. The second-order valence-electron chi connectivity index (χ2n) is 3.05. The molecule has 0 spiro atoms. The third kappa shape index (κ3) is 3.76. The van der Waals surface area contributed by atoms with E-state index in [0.717, 1.165) is 8.25 Å². The van der Waals surface area contributed by atoms with Crippen molar-refractivity contribution in [3.05, 3.63) is 29.8 Å². The average Bonchev–Trinajstić information content (AvgIpc) is 2.03. The summed E-state index contributed by atoms with van der Waals surface area (Å²) in [5.74, 6) is 0.533. The first-order chi connectivity index (χ1) is 6.09. The number of rotatable bonds is 3. The standard InChI is InChI=1S/C10H12NS.W/c1-8(2)9-4-3-5-10(6-9)12-7-11;/h3-5,8H,11H2,1-2H3;/q-1;. The first-order valence-electron chi connectivity index (χ1n) is 4.09. The molecule has 1 nitrogen and oxygen atoms in total. The molecule has 0 fully saturated rings. The van der Waals surface area contributed by atoms with Crippen LogP contribution in [-0.2, 0) is 19.4 Å². The van der Waals surface area contributed by atoms with E-state index in [-0.39, 0.29) is 0 Å². The van der Waals surface area contributed by atoms with Gasteiger partial charge in [0.25, 0.3) is 0 Å². The van der Waals surface area contributed by atoms with Crippen LogP contribution in [0.25, 0.3) is 0 Å².